The molecule has 0 aliphatic heterocycles. The van der Waals surface area contributed by atoms with E-state index in [9.17, 15) is 13.2 Å². The van der Waals surface area contributed by atoms with Crippen LogP contribution in [0.3, 0.4) is 0 Å². The minimum atomic E-state index is -4.57. The Labute approximate surface area is 163 Å². The number of methoxy groups -OCH3 is 1. The van der Waals surface area contributed by atoms with Crippen molar-refractivity contribution in [1.82, 2.24) is 19.5 Å². The molecule has 1 aromatic carbocycles. The van der Waals surface area contributed by atoms with Gasteiger partial charge in [-0.25, -0.2) is 9.97 Å². The summed E-state index contributed by atoms with van der Waals surface area (Å²) in [4.78, 5) is 11.9. The van der Waals surface area contributed by atoms with E-state index in [1.165, 1.54) is 14.2 Å². The summed E-state index contributed by atoms with van der Waals surface area (Å²) >= 11 is 6.35. The van der Waals surface area contributed by atoms with Crippen molar-refractivity contribution in [3.8, 4) is 17.1 Å². The van der Waals surface area contributed by atoms with Crippen molar-refractivity contribution in [3.63, 3.8) is 0 Å². The van der Waals surface area contributed by atoms with Crippen LogP contribution in [0.25, 0.3) is 11.4 Å². The molecule has 3 aromatic rings. The highest BCUT2D eigenvalue weighted by Crippen LogP contribution is 2.38. The molecule has 0 aliphatic rings. The molecule has 2 aromatic heterocycles. The molecule has 0 radical (unpaired) electrons. The first-order valence-corrected chi connectivity index (χ1v) is 8.36. The van der Waals surface area contributed by atoms with Crippen LogP contribution in [0, 0.1) is 0 Å². The summed E-state index contributed by atoms with van der Waals surface area (Å²) in [5.41, 5.74) is 0.0717. The lowest BCUT2D eigenvalue weighted by atomic mass is 10.1. The van der Waals surface area contributed by atoms with Gasteiger partial charge < -0.3 is 19.9 Å². The second kappa shape index (κ2) is 7.55. The van der Waals surface area contributed by atoms with Crippen LogP contribution in [0.2, 0.25) is 5.02 Å². The van der Waals surface area contributed by atoms with Crippen LogP contribution in [0.1, 0.15) is 5.56 Å². The van der Waals surface area contributed by atoms with E-state index in [4.69, 9.17) is 16.3 Å². The number of aryl methyl sites for hydroxylation is 1. The van der Waals surface area contributed by atoms with Gasteiger partial charge in [-0.2, -0.15) is 18.2 Å². The summed E-state index contributed by atoms with van der Waals surface area (Å²) in [7, 11) is 4.67. The Morgan fingerprint density at radius 3 is 2.54 bits per heavy atom. The predicted octanol–water partition coefficient (Wildman–Crippen LogP) is 4.34. The van der Waals surface area contributed by atoms with Gasteiger partial charge in [-0.3, -0.25) is 0 Å². The number of imidazole rings is 1. The van der Waals surface area contributed by atoms with Crippen molar-refractivity contribution in [2.24, 2.45) is 7.05 Å². The van der Waals surface area contributed by atoms with Gasteiger partial charge in [0.15, 0.2) is 0 Å². The number of nitrogens with one attached hydrogen (secondary N) is 2. The summed E-state index contributed by atoms with van der Waals surface area (Å²) in [5, 5.41) is 5.54. The van der Waals surface area contributed by atoms with Gasteiger partial charge in [-0.05, 0) is 6.07 Å². The van der Waals surface area contributed by atoms with E-state index in [1.807, 2.05) is 7.05 Å². The lowest BCUT2D eigenvalue weighted by molar-refractivity contribution is -0.137. The molecule has 11 heteroatoms. The first-order valence-electron chi connectivity index (χ1n) is 7.98. The molecule has 0 unspecified atom stereocenters. The summed E-state index contributed by atoms with van der Waals surface area (Å²) in [6.07, 6.45) is -0.440. The maximum absolute atomic E-state index is 13.0. The zero-order valence-electron chi connectivity index (χ0n) is 15.1. The molecule has 148 valence electrons. The van der Waals surface area contributed by atoms with Crippen LogP contribution in [0.4, 0.5) is 30.6 Å². The van der Waals surface area contributed by atoms with Crippen molar-refractivity contribution in [3.05, 3.63) is 41.3 Å². The molecule has 0 saturated carbocycles. The Bertz CT molecular complexity index is 1010. The summed E-state index contributed by atoms with van der Waals surface area (Å²) in [6.45, 7) is 0. The number of alkyl halides is 3. The van der Waals surface area contributed by atoms with E-state index in [0.29, 0.717) is 34.0 Å². The number of aromatic nitrogens is 4. The normalized spacial score (nSPS) is 11.4. The van der Waals surface area contributed by atoms with Gasteiger partial charge in [-0.15, -0.1) is 0 Å². The van der Waals surface area contributed by atoms with Crippen molar-refractivity contribution in [2.75, 3.05) is 24.8 Å². The van der Waals surface area contributed by atoms with E-state index in [-0.39, 0.29) is 11.8 Å². The van der Waals surface area contributed by atoms with Crippen LogP contribution in [-0.2, 0) is 13.2 Å². The number of ether oxygens (including phenoxy) is 1. The van der Waals surface area contributed by atoms with Gasteiger partial charge in [0.2, 0.25) is 5.95 Å². The number of benzene rings is 1. The lowest BCUT2D eigenvalue weighted by Gasteiger charge is -2.15. The largest absolute Gasteiger partial charge is 0.496 e. The Morgan fingerprint density at radius 1 is 1.21 bits per heavy atom. The zero-order chi connectivity index (χ0) is 20.5. The van der Waals surface area contributed by atoms with Gasteiger partial charge >= 0.3 is 6.18 Å². The third-order valence-corrected chi connectivity index (χ3v) is 4.24. The summed E-state index contributed by atoms with van der Waals surface area (Å²) < 4.78 is 46.2. The molecule has 2 N–H and O–H groups in total. The fourth-order valence-corrected chi connectivity index (χ4v) is 2.79. The number of nitrogens with zero attached hydrogens (tertiary/aromatic N) is 4. The fraction of sp³-hybridized carbons (Fsp3) is 0.235. The van der Waals surface area contributed by atoms with Crippen LogP contribution in [0.15, 0.2) is 30.7 Å². The standard InChI is InChI=1S/C17H16ClF3N6O/c1-22-14-10(17(19,20)21)8-24-16(26-14)25-12-7-13(28-3)9(6-11(12)18)15-23-4-5-27(15)2/h4-8H,1-3H3,(H2,22,24,25,26). The lowest BCUT2D eigenvalue weighted by Crippen LogP contribution is -2.12. The second-order valence-corrected chi connectivity index (χ2v) is 6.13. The van der Waals surface area contributed by atoms with E-state index in [0.717, 1.165) is 0 Å². The first kappa shape index (κ1) is 19.7. The summed E-state index contributed by atoms with van der Waals surface area (Å²) in [5.74, 6) is 0.722. The van der Waals surface area contributed by atoms with Gasteiger partial charge in [0, 0.05) is 38.8 Å². The van der Waals surface area contributed by atoms with Gasteiger partial charge in [0.25, 0.3) is 0 Å². The molecule has 0 amide bonds. The number of halogens is 4. The van der Waals surface area contributed by atoms with Crippen LogP contribution in [-0.4, -0.2) is 33.7 Å². The third-order valence-electron chi connectivity index (χ3n) is 3.93. The molecule has 2 heterocycles. The molecule has 0 fully saturated rings. The molecule has 0 saturated heterocycles. The SMILES string of the molecule is CNc1nc(Nc2cc(OC)c(-c3nccn3C)cc2Cl)ncc1C(F)(F)F. The summed E-state index contributed by atoms with van der Waals surface area (Å²) in [6, 6.07) is 3.25. The molecule has 0 bridgehead atoms. The van der Waals surface area contributed by atoms with E-state index in [2.05, 4.69) is 25.6 Å². The zero-order valence-corrected chi connectivity index (χ0v) is 15.9. The Balaban J connectivity index is 1.98. The second-order valence-electron chi connectivity index (χ2n) is 5.72. The molecule has 0 aliphatic carbocycles. The fourth-order valence-electron chi connectivity index (χ4n) is 2.58. The molecular weight excluding hydrogens is 397 g/mol. The average Bonchev–Trinajstić information content (AvgIpc) is 3.07. The topological polar surface area (TPSA) is 76.9 Å². The van der Waals surface area contributed by atoms with Gasteiger partial charge in [0.05, 0.1) is 23.4 Å². The first-order chi connectivity index (χ1) is 13.2. The molecule has 0 spiro atoms. The van der Waals surface area contributed by atoms with E-state index >= 15 is 0 Å². The van der Waals surface area contributed by atoms with Crippen molar-refractivity contribution >= 4 is 29.1 Å². The van der Waals surface area contributed by atoms with Crippen molar-refractivity contribution < 1.29 is 17.9 Å². The minimum absolute atomic E-state index is 0.0500. The molecule has 0 atom stereocenters. The van der Waals surface area contributed by atoms with Gasteiger partial charge in [0.1, 0.15) is 23.0 Å². The third kappa shape index (κ3) is 3.81. The maximum atomic E-state index is 13.0. The Morgan fingerprint density at radius 2 is 1.96 bits per heavy atom. The number of anilines is 3. The Kier molecular flexibility index (Phi) is 5.32. The highest BCUT2D eigenvalue weighted by atomic mass is 35.5. The molecule has 3 rings (SSSR count). The quantitative estimate of drug-likeness (QED) is 0.649. The monoisotopic (exact) mass is 412 g/mol. The average molecular weight is 413 g/mol. The highest BCUT2D eigenvalue weighted by Gasteiger charge is 2.35. The van der Waals surface area contributed by atoms with Crippen molar-refractivity contribution in [2.45, 2.75) is 6.18 Å². The highest BCUT2D eigenvalue weighted by molar-refractivity contribution is 6.33. The smallest absolute Gasteiger partial charge is 0.421 e. The molecule has 7 nitrogen and oxygen atoms in total. The van der Waals surface area contributed by atoms with E-state index in [1.54, 1.807) is 29.1 Å². The number of hydrogen-bond acceptors (Lipinski definition) is 6. The molecule has 28 heavy (non-hydrogen) atoms. The molecular formula is C17H16ClF3N6O. The van der Waals surface area contributed by atoms with Gasteiger partial charge in [-0.1, -0.05) is 11.6 Å². The van der Waals surface area contributed by atoms with E-state index < -0.39 is 11.7 Å². The predicted molar refractivity (Wildman–Crippen MR) is 100 cm³/mol. The number of rotatable bonds is 5. The Hall–Kier alpha value is -3.01. The maximum Gasteiger partial charge on any atom is 0.421 e. The number of hydrogen-bond donors (Lipinski definition) is 2. The van der Waals surface area contributed by atoms with Crippen LogP contribution >= 0.6 is 11.6 Å². The van der Waals surface area contributed by atoms with Crippen LogP contribution in [0.5, 0.6) is 5.75 Å². The van der Waals surface area contributed by atoms with Crippen molar-refractivity contribution in [1.29, 1.82) is 0 Å². The van der Waals surface area contributed by atoms with Crippen LogP contribution < -0.4 is 15.4 Å². The minimum Gasteiger partial charge on any atom is -0.496 e.